The van der Waals surface area contributed by atoms with Crippen molar-refractivity contribution in [3.05, 3.63) is 46.4 Å². The average molecular weight is 560 g/mol. The number of aryl methyl sites for hydroxylation is 1. The molecule has 3 heterocycles. The van der Waals surface area contributed by atoms with Crippen LogP contribution in [0.4, 0.5) is 10.2 Å². The van der Waals surface area contributed by atoms with Crippen LogP contribution in [0.5, 0.6) is 11.5 Å². The van der Waals surface area contributed by atoms with Crippen molar-refractivity contribution in [2.75, 3.05) is 52.9 Å². The van der Waals surface area contributed by atoms with Crippen LogP contribution >= 0.6 is 0 Å². The fourth-order valence-electron chi connectivity index (χ4n) is 5.64. The van der Waals surface area contributed by atoms with Gasteiger partial charge in [0.15, 0.2) is 11.6 Å². The monoisotopic (exact) mass is 559 g/mol. The van der Waals surface area contributed by atoms with E-state index in [1.807, 2.05) is 4.90 Å². The van der Waals surface area contributed by atoms with E-state index in [0.717, 1.165) is 62.3 Å². The molecule has 2 aliphatic rings. The van der Waals surface area contributed by atoms with Gasteiger partial charge in [-0.05, 0) is 63.1 Å². The van der Waals surface area contributed by atoms with Crippen LogP contribution in [-0.4, -0.2) is 74.6 Å². The minimum Gasteiger partial charge on any atom is -0.496 e. The number of likely N-dealkylation sites (tertiary alicyclic amines) is 1. The van der Waals surface area contributed by atoms with E-state index in [1.165, 1.54) is 25.8 Å². The smallest absolute Gasteiger partial charge is 0.325 e. The minimum atomic E-state index is -1.05. The lowest BCUT2D eigenvalue weighted by Crippen LogP contribution is -2.34. The number of fused-ring (bicyclic) bond motifs is 1. The first-order valence-electron chi connectivity index (χ1n) is 14.2. The summed E-state index contributed by atoms with van der Waals surface area (Å²) in [6.07, 6.45) is 6.13. The Morgan fingerprint density at radius 2 is 2.02 bits per heavy atom. The Bertz CT molecular complexity index is 1150. The van der Waals surface area contributed by atoms with Crippen molar-refractivity contribution in [1.29, 1.82) is 0 Å². The number of carboxylic acids is 1. The molecule has 4 rings (SSSR count). The zero-order chi connectivity index (χ0) is 28.6. The van der Waals surface area contributed by atoms with Gasteiger partial charge in [-0.25, -0.2) is 9.37 Å². The summed E-state index contributed by atoms with van der Waals surface area (Å²) in [5, 5.41) is 13.5. The molecule has 0 bridgehead atoms. The molecule has 1 saturated heterocycles. The predicted octanol–water partition coefficient (Wildman–Crippen LogP) is 4.93. The molecular weight excluding hydrogens is 517 g/mol. The maximum atomic E-state index is 14.9. The van der Waals surface area contributed by atoms with Crippen molar-refractivity contribution in [2.45, 2.75) is 70.1 Å². The van der Waals surface area contributed by atoms with Gasteiger partial charge in [0, 0.05) is 56.2 Å². The highest BCUT2D eigenvalue weighted by molar-refractivity contribution is 5.77. The lowest BCUT2D eigenvalue weighted by atomic mass is 9.98. The number of nitrogens with one attached hydrogen (secondary N) is 1. The molecular formula is C30H42FN3O6. The number of methoxy groups -OCH3 is 3. The number of benzene rings is 1. The number of halogens is 1. The molecule has 9 nitrogen and oxygen atoms in total. The molecule has 0 saturated carbocycles. The number of carboxylic acid groups (broad SMARTS) is 1. The molecule has 3 atom stereocenters. The number of ether oxygens (including phenoxy) is 4. The second-order valence-electron chi connectivity index (χ2n) is 10.5. The van der Waals surface area contributed by atoms with Gasteiger partial charge in [0.05, 0.1) is 26.4 Å². The van der Waals surface area contributed by atoms with Gasteiger partial charge >= 0.3 is 5.97 Å². The third-order valence-corrected chi connectivity index (χ3v) is 7.87. The van der Waals surface area contributed by atoms with Gasteiger partial charge in [-0.3, -0.25) is 9.69 Å². The maximum absolute atomic E-state index is 14.9. The van der Waals surface area contributed by atoms with Crippen molar-refractivity contribution in [3.63, 3.8) is 0 Å². The van der Waals surface area contributed by atoms with Crippen LogP contribution in [0.25, 0.3) is 0 Å². The predicted molar refractivity (Wildman–Crippen MR) is 150 cm³/mol. The number of carbonyl (C=O) groups is 1. The topological polar surface area (TPSA) is 102 Å². The van der Waals surface area contributed by atoms with E-state index in [0.29, 0.717) is 31.7 Å². The van der Waals surface area contributed by atoms with Crippen molar-refractivity contribution in [1.82, 2.24) is 9.88 Å². The standard InChI is InChI=1S/C30H42FN3O6/c1-19(37-2)20-15-24(28(39-4)25(31)16-20)27(30(35)36)34-13-11-22(18-34)40-14-7-5-6-9-21-17-26(38-3)23-10-8-12-32-29(23)33-21/h15-17,19,22,27H,5-14,18H2,1-4H3,(H,32,33)(H,35,36)/t19?,22-,27-/m1/s1. The largest absolute Gasteiger partial charge is 0.496 e. The van der Waals surface area contributed by atoms with E-state index in [9.17, 15) is 14.3 Å². The lowest BCUT2D eigenvalue weighted by molar-refractivity contribution is -0.143. The number of hydrogen-bond acceptors (Lipinski definition) is 8. The van der Waals surface area contributed by atoms with Crippen molar-refractivity contribution < 1.29 is 33.2 Å². The Balaban J connectivity index is 1.28. The van der Waals surface area contributed by atoms with Crippen LogP contribution in [0.1, 0.15) is 73.6 Å². The first kappa shape index (κ1) is 30.0. The molecule has 220 valence electrons. The van der Waals surface area contributed by atoms with E-state index in [4.69, 9.17) is 23.9 Å². The summed E-state index contributed by atoms with van der Waals surface area (Å²) >= 11 is 0. The van der Waals surface area contributed by atoms with E-state index in [2.05, 4.69) is 11.4 Å². The molecule has 2 N–H and O–H groups in total. The number of aromatic nitrogens is 1. The quantitative estimate of drug-likeness (QED) is 0.312. The van der Waals surface area contributed by atoms with Crippen molar-refractivity contribution >= 4 is 11.8 Å². The normalized spacial score (nSPS) is 18.6. The van der Waals surface area contributed by atoms with Gasteiger partial charge in [-0.1, -0.05) is 6.42 Å². The van der Waals surface area contributed by atoms with Crippen molar-refractivity contribution in [3.8, 4) is 11.5 Å². The molecule has 10 heteroatoms. The second-order valence-corrected chi connectivity index (χ2v) is 10.5. The number of hydrogen-bond donors (Lipinski definition) is 2. The van der Waals surface area contributed by atoms with Gasteiger partial charge < -0.3 is 29.4 Å². The zero-order valence-electron chi connectivity index (χ0n) is 24.0. The number of rotatable bonds is 14. The Kier molecular flexibility index (Phi) is 10.6. The number of anilines is 1. The van der Waals surface area contributed by atoms with Gasteiger partial charge in [0.25, 0.3) is 0 Å². The second kappa shape index (κ2) is 14.1. The van der Waals surface area contributed by atoms with Gasteiger partial charge in [0.2, 0.25) is 0 Å². The molecule has 2 aromatic rings. The number of aliphatic carboxylic acids is 1. The average Bonchev–Trinajstić information content (AvgIpc) is 3.41. The number of nitrogens with zero attached hydrogens (tertiary/aromatic N) is 2. The Hall–Kier alpha value is -2.95. The highest BCUT2D eigenvalue weighted by Crippen LogP contribution is 2.37. The summed E-state index contributed by atoms with van der Waals surface area (Å²) in [5.74, 6) is 0.169. The molecule has 2 aliphatic heterocycles. The molecule has 0 radical (unpaired) electrons. The number of pyridine rings is 1. The molecule has 0 spiro atoms. The fraction of sp³-hybridized carbons (Fsp3) is 0.600. The first-order chi connectivity index (χ1) is 19.4. The van der Waals surface area contributed by atoms with Gasteiger partial charge in [-0.2, -0.15) is 0 Å². The third-order valence-electron chi connectivity index (χ3n) is 7.87. The first-order valence-corrected chi connectivity index (χ1v) is 14.2. The van der Waals surface area contributed by atoms with Crippen LogP contribution in [0.15, 0.2) is 18.2 Å². The molecule has 0 aliphatic carbocycles. The Morgan fingerprint density at radius 3 is 2.75 bits per heavy atom. The Labute approximate surface area is 236 Å². The summed E-state index contributed by atoms with van der Waals surface area (Å²) in [7, 11) is 4.59. The summed E-state index contributed by atoms with van der Waals surface area (Å²) in [5.41, 5.74) is 3.06. The molecule has 1 unspecified atom stereocenters. The Morgan fingerprint density at radius 1 is 1.20 bits per heavy atom. The summed E-state index contributed by atoms with van der Waals surface area (Å²) in [6.45, 7) is 4.34. The molecule has 1 aromatic heterocycles. The van der Waals surface area contributed by atoms with E-state index in [1.54, 1.807) is 20.1 Å². The van der Waals surface area contributed by atoms with Crippen LogP contribution < -0.4 is 14.8 Å². The molecule has 0 amide bonds. The number of unbranched alkanes of at least 4 members (excludes halogenated alkanes) is 2. The van der Waals surface area contributed by atoms with E-state index >= 15 is 0 Å². The van der Waals surface area contributed by atoms with Crippen LogP contribution in [0.2, 0.25) is 0 Å². The molecule has 40 heavy (non-hydrogen) atoms. The minimum absolute atomic E-state index is 0.0503. The maximum Gasteiger partial charge on any atom is 0.325 e. The molecule has 1 aromatic carbocycles. The third kappa shape index (κ3) is 7.03. The van der Waals surface area contributed by atoms with Crippen molar-refractivity contribution in [2.24, 2.45) is 0 Å². The SMILES string of the molecule is COc1cc(CCCCCO[C@@H]2CCN([C@@H](C(=O)O)c3cc(C(C)OC)cc(F)c3OC)C2)nc2c1CCCN2. The summed E-state index contributed by atoms with van der Waals surface area (Å²) in [4.78, 5) is 19.0. The lowest BCUT2D eigenvalue weighted by Gasteiger charge is -2.27. The van der Waals surface area contributed by atoms with Crippen LogP contribution in [0, 0.1) is 5.82 Å². The summed E-state index contributed by atoms with van der Waals surface area (Å²) in [6, 6.07) is 4.02. The summed E-state index contributed by atoms with van der Waals surface area (Å²) < 4.78 is 37.2. The van der Waals surface area contributed by atoms with Gasteiger partial charge in [0.1, 0.15) is 17.6 Å². The zero-order valence-corrected chi connectivity index (χ0v) is 24.0. The van der Waals surface area contributed by atoms with E-state index in [-0.39, 0.29) is 23.5 Å². The highest BCUT2D eigenvalue weighted by atomic mass is 19.1. The molecule has 1 fully saturated rings. The highest BCUT2D eigenvalue weighted by Gasteiger charge is 2.37. The van der Waals surface area contributed by atoms with Crippen LogP contribution in [0.3, 0.4) is 0 Å². The van der Waals surface area contributed by atoms with E-state index < -0.39 is 17.8 Å². The fourth-order valence-corrected chi connectivity index (χ4v) is 5.64. The van der Waals surface area contributed by atoms with Crippen LogP contribution in [-0.2, 0) is 27.1 Å². The van der Waals surface area contributed by atoms with Gasteiger partial charge in [-0.15, -0.1) is 0 Å².